The maximum Gasteiger partial charge on any atom is 0.306 e. The number of hydrogen-bond acceptors (Lipinski definition) is 6. The number of ether oxygens (including phenoxy) is 3. The third-order valence-electron chi connectivity index (χ3n) is 11.4. The Bertz CT molecular complexity index is 958. The number of allylic oxidation sites excluding steroid dienone is 4. The van der Waals surface area contributed by atoms with E-state index in [1.165, 1.54) is 173 Å². The van der Waals surface area contributed by atoms with E-state index in [4.69, 9.17) is 14.2 Å². The maximum absolute atomic E-state index is 12.8. The van der Waals surface area contributed by atoms with Crippen molar-refractivity contribution in [1.82, 2.24) is 0 Å². The van der Waals surface area contributed by atoms with E-state index in [0.717, 1.165) is 64.2 Å². The van der Waals surface area contributed by atoms with Gasteiger partial charge in [0.1, 0.15) is 13.2 Å². The molecule has 0 spiro atoms. The molecule has 59 heavy (non-hydrogen) atoms. The molecule has 346 valence electrons. The van der Waals surface area contributed by atoms with E-state index in [1.807, 2.05) is 0 Å². The zero-order valence-electron chi connectivity index (χ0n) is 39.5. The summed E-state index contributed by atoms with van der Waals surface area (Å²) in [6.07, 6.45) is 54.4. The number of rotatable bonds is 47. The smallest absolute Gasteiger partial charge is 0.306 e. The lowest BCUT2D eigenvalue weighted by Gasteiger charge is -2.18. The van der Waals surface area contributed by atoms with Gasteiger partial charge in [-0.3, -0.25) is 14.4 Å². The average Bonchev–Trinajstić information content (AvgIpc) is 3.23. The fourth-order valence-electron chi connectivity index (χ4n) is 7.49. The first-order valence-corrected chi connectivity index (χ1v) is 25.8. The summed E-state index contributed by atoms with van der Waals surface area (Å²) in [5, 5.41) is 0. The molecule has 0 bridgehead atoms. The van der Waals surface area contributed by atoms with Gasteiger partial charge in [-0.05, 0) is 70.6 Å². The quantitative estimate of drug-likeness (QED) is 0.0263. The molecule has 6 nitrogen and oxygen atoms in total. The Morgan fingerprint density at radius 3 is 0.864 bits per heavy atom. The van der Waals surface area contributed by atoms with Gasteiger partial charge in [0.15, 0.2) is 6.10 Å². The zero-order chi connectivity index (χ0) is 43.0. The Morgan fingerprint density at radius 2 is 0.559 bits per heavy atom. The lowest BCUT2D eigenvalue weighted by Crippen LogP contribution is -2.30. The Hall–Kier alpha value is -2.11. The standard InChI is InChI=1S/C53H98O6/c1-4-7-10-13-16-19-22-24-25-26-27-29-31-34-37-40-43-46-52(55)58-49-50(48-57-51(54)45-42-39-36-33-30-21-18-15-12-9-6-3)59-53(56)47-44-41-38-35-32-28-23-20-17-14-11-8-5-2/h20,23-25,50H,4-19,21-22,26-49H2,1-3H3/b23-20-,25-24-. The summed E-state index contributed by atoms with van der Waals surface area (Å²) >= 11 is 0. The first-order valence-electron chi connectivity index (χ1n) is 25.8. The van der Waals surface area contributed by atoms with Crippen LogP contribution in [0.25, 0.3) is 0 Å². The molecule has 0 rings (SSSR count). The highest BCUT2D eigenvalue weighted by Gasteiger charge is 2.19. The van der Waals surface area contributed by atoms with Gasteiger partial charge in [-0.1, -0.05) is 212 Å². The molecule has 0 amide bonds. The third kappa shape index (κ3) is 46.8. The van der Waals surface area contributed by atoms with Crippen LogP contribution in [0.1, 0.15) is 278 Å². The maximum atomic E-state index is 12.8. The number of carbonyl (C=O) groups is 3. The molecule has 0 heterocycles. The van der Waals surface area contributed by atoms with Crippen LogP contribution in [0.3, 0.4) is 0 Å². The Morgan fingerprint density at radius 1 is 0.322 bits per heavy atom. The Labute approximate surface area is 366 Å². The van der Waals surface area contributed by atoms with Crippen molar-refractivity contribution in [1.29, 1.82) is 0 Å². The van der Waals surface area contributed by atoms with E-state index in [2.05, 4.69) is 45.1 Å². The summed E-state index contributed by atoms with van der Waals surface area (Å²) in [6.45, 7) is 6.62. The van der Waals surface area contributed by atoms with E-state index in [-0.39, 0.29) is 31.1 Å². The molecule has 0 aliphatic heterocycles. The van der Waals surface area contributed by atoms with E-state index < -0.39 is 6.10 Å². The van der Waals surface area contributed by atoms with Gasteiger partial charge in [0.2, 0.25) is 0 Å². The molecule has 0 radical (unpaired) electrons. The molecule has 0 aromatic rings. The molecule has 1 atom stereocenters. The molecule has 1 unspecified atom stereocenters. The minimum Gasteiger partial charge on any atom is -0.462 e. The number of carbonyl (C=O) groups excluding carboxylic acids is 3. The summed E-state index contributed by atoms with van der Waals surface area (Å²) in [7, 11) is 0. The van der Waals surface area contributed by atoms with E-state index in [0.29, 0.717) is 19.3 Å². The Kier molecular flexibility index (Phi) is 46.8. The molecule has 6 heteroatoms. The summed E-state index contributed by atoms with van der Waals surface area (Å²) in [6, 6.07) is 0. The van der Waals surface area contributed by atoms with Gasteiger partial charge in [0.05, 0.1) is 0 Å². The van der Waals surface area contributed by atoms with Crippen molar-refractivity contribution in [2.45, 2.75) is 284 Å². The minimum absolute atomic E-state index is 0.0725. The Balaban J connectivity index is 4.33. The zero-order valence-corrected chi connectivity index (χ0v) is 39.5. The van der Waals surface area contributed by atoms with Crippen molar-refractivity contribution in [3.05, 3.63) is 24.3 Å². The van der Waals surface area contributed by atoms with Gasteiger partial charge >= 0.3 is 17.9 Å². The van der Waals surface area contributed by atoms with Gasteiger partial charge in [0, 0.05) is 19.3 Å². The van der Waals surface area contributed by atoms with Crippen LogP contribution in [0.4, 0.5) is 0 Å². The predicted molar refractivity (Wildman–Crippen MR) is 252 cm³/mol. The van der Waals surface area contributed by atoms with Gasteiger partial charge in [0.25, 0.3) is 0 Å². The first-order chi connectivity index (χ1) is 29.0. The van der Waals surface area contributed by atoms with Crippen molar-refractivity contribution in [3.63, 3.8) is 0 Å². The summed E-state index contributed by atoms with van der Waals surface area (Å²) < 4.78 is 16.8. The van der Waals surface area contributed by atoms with E-state index in [9.17, 15) is 14.4 Å². The molecular weight excluding hydrogens is 733 g/mol. The highest BCUT2D eigenvalue weighted by atomic mass is 16.6. The largest absolute Gasteiger partial charge is 0.462 e. The second-order valence-electron chi connectivity index (χ2n) is 17.4. The number of esters is 3. The topological polar surface area (TPSA) is 78.9 Å². The fraction of sp³-hybridized carbons (Fsp3) is 0.868. The van der Waals surface area contributed by atoms with Crippen LogP contribution in [0.5, 0.6) is 0 Å². The molecule has 0 aliphatic rings. The lowest BCUT2D eigenvalue weighted by molar-refractivity contribution is -0.167. The molecular formula is C53H98O6. The summed E-state index contributed by atoms with van der Waals surface area (Å²) in [5.74, 6) is -0.875. The molecule has 0 saturated carbocycles. The van der Waals surface area contributed by atoms with Crippen LogP contribution in [0.2, 0.25) is 0 Å². The summed E-state index contributed by atoms with van der Waals surface area (Å²) in [5.41, 5.74) is 0. The van der Waals surface area contributed by atoms with Crippen LogP contribution in [-0.2, 0) is 28.6 Å². The van der Waals surface area contributed by atoms with Crippen molar-refractivity contribution >= 4 is 17.9 Å². The molecule has 0 aliphatic carbocycles. The summed E-state index contributed by atoms with van der Waals surface area (Å²) in [4.78, 5) is 37.9. The van der Waals surface area contributed by atoms with Crippen LogP contribution in [0.15, 0.2) is 24.3 Å². The SMILES string of the molecule is CCCCCC/C=C\CCCCCCCC(=O)OC(COC(=O)CCCCCCCCC/C=C\CCCCCCCC)COC(=O)CCCCCCCCCCCCC. The normalized spacial score (nSPS) is 12.1. The molecule has 0 aromatic carbocycles. The lowest BCUT2D eigenvalue weighted by atomic mass is 10.1. The molecule has 0 aromatic heterocycles. The van der Waals surface area contributed by atoms with Gasteiger partial charge in [-0.2, -0.15) is 0 Å². The van der Waals surface area contributed by atoms with Gasteiger partial charge < -0.3 is 14.2 Å². The van der Waals surface area contributed by atoms with Gasteiger partial charge in [-0.25, -0.2) is 0 Å². The van der Waals surface area contributed by atoms with E-state index in [1.54, 1.807) is 0 Å². The van der Waals surface area contributed by atoms with Gasteiger partial charge in [-0.15, -0.1) is 0 Å². The molecule has 0 saturated heterocycles. The van der Waals surface area contributed by atoms with Crippen molar-refractivity contribution in [2.75, 3.05) is 13.2 Å². The van der Waals surface area contributed by atoms with Crippen LogP contribution >= 0.6 is 0 Å². The van der Waals surface area contributed by atoms with Crippen molar-refractivity contribution < 1.29 is 28.6 Å². The van der Waals surface area contributed by atoms with Crippen LogP contribution in [0, 0.1) is 0 Å². The number of unbranched alkanes of at least 4 members (excludes halogenated alkanes) is 32. The van der Waals surface area contributed by atoms with Crippen LogP contribution < -0.4 is 0 Å². The third-order valence-corrected chi connectivity index (χ3v) is 11.4. The average molecular weight is 831 g/mol. The predicted octanol–water partition coefficient (Wildman–Crippen LogP) is 16.8. The minimum atomic E-state index is -0.771. The first kappa shape index (κ1) is 56.9. The molecule has 0 fully saturated rings. The number of hydrogen-bond donors (Lipinski definition) is 0. The second kappa shape index (κ2) is 48.6. The van der Waals surface area contributed by atoms with Crippen molar-refractivity contribution in [2.24, 2.45) is 0 Å². The highest BCUT2D eigenvalue weighted by molar-refractivity contribution is 5.71. The highest BCUT2D eigenvalue weighted by Crippen LogP contribution is 2.15. The van der Waals surface area contributed by atoms with Crippen molar-refractivity contribution in [3.8, 4) is 0 Å². The van der Waals surface area contributed by atoms with Crippen LogP contribution in [-0.4, -0.2) is 37.2 Å². The van der Waals surface area contributed by atoms with E-state index >= 15 is 0 Å². The fourth-order valence-corrected chi connectivity index (χ4v) is 7.49. The monoisotopic (exact) mass is 831 g/mol. The molecule has 0 N–H and O–H groups in total. The second-order valence-corrected chi connectivity index (χ2v) is 17.4.